The van der Waals surface area contributed by atoms with Gasteiger partial charge in [0, 0.05) is 9.13 Å². The summed E-state index contributed by atoms with van der Waals surface area (Å²) in [6, 6.07) is 6.25. The van der Waals surface area contributed by atoms with Crippen molar-refractivity contribution < 1.29 is 9.47 Å². The van der Waals surface area contributed by atoms with Crippen LogP contribution in [-0.2, 0) is 4.74 Å². The van der Waals surface area contributed by atoms with E-state index < -0.39 is 0 Å². The van der Waals surface area contributed by atoms with Gasteiger partial charge in [0.25, 0.3) is 0 Å². The fourth-order valence-corrected chi connectivity index (χ4v) is 2.57. The van der Waals surface area contributed by atoms with Crippen molar-refractivity contribution in [1.29, 1.82) is 0 Å². The predicted octanol–water partition coefficient (Wildman–Crippen LogP) is 2.90. The Balaban J connectivity index is 2.11. The Bertz CT molecular complexity index is 400. The first-order valence-electron chi connectivity index (χ1n) is 4.72. The van der Waals surface area contributed by atoms with Crippen LogP contribution >= 0.6 is 22.6 Å². The summed E-state index contributed by atoms with van der Waals surface area (Å²) in [5.41, 5.74) is 1.03. The number of ether oxygens (including phenoxy) is 2. The maximum absolute atomic E-state index is 5.90. The van der Waals surface area contributed by atoms with Crippen molar-refractivity contribution in [3.63, 3.8) is 0 Å². The summed E-state index contributed by atoms with van der Waals surface area (Å²) < 4.78 is 12.8. The molecule has 3 heteroatoms. The number of benzene rings is 1. The second-order valence-electron chi connectivity index (χ2n) is 4.36. The van der Waals surface area contributed by atoms with Crippen LogP contribution in [0, 0.1) is 3.57 Å². The topological polar surface area (TPSA) is 21.8 Å². The number of hydrogen-bond donors (Lipinski definition) is 0. The molecular weight excluding hydrogens is 291 g/mol. The summed E-state index contributed by atoms with van der Waals surface area (Å²) in [4.78, 5) is 0. The summed E-state index contributed by atoms with van der Waals surface area (Å²) >= 11 is 2.31. The second-order valence-corrected chi connectivity index (χ2v) is 5.61. The van der Waals surface area contributed by atoms with E-state index in [0.717, 1.165) is 5.75 Å². The average Bonchev–Trinajstić information content (AvgIpc) is 2.86. The van der Waals surface area contributed by atoms with E-state index in [2.05, 4.69) is 48.6 Å². The molecule has 0 radical (unpaired) electrons. The van der Waals surface area contributed by atoms with Gasteiger partial charge in [-0.2, -0.15) is 0 Å². The van der Waals surface area contributed by atoms with Gasteiger partial charge >= 0.3 is 0 Å². The average molecular weight is 302 g/mol. The lowest BCUT2D eigenvalue weighted by Crippen LogP contribution is -2.37. The zero-order valence-electron chi connectivity index (χ0n) is 8.08. The fourth-order valence-electron chi connectivity index (χ4n) is 2.05. The van der Waals surface area contributed by atoms with Crippen molar-refractivity contribution in [3.8, 4) is 5.75 Å². The molecule has 0 unspecified atom stereocenters. The molecule has 0 N–H and O–H groups in total. The van der Waals surface area contributed by atoms with Crippen molar-refractivity contribution in [3.05, 3.63) is 27.3 Å². The lowest BCUT2D eigenvalue weighted by Gasteiger charge is -2.29. The van der Waals surface area contributed by atoms with Gasteiger partial charge < -0.3 is 9.47 Å². The standard InChI is InChI=1S/C11H11IO2/c1-11(2)10-9(13-10)7-5-6(12)3-4-8(7)14-11/h3-5,9-10H,1-2H3/t9-,10-/m0/s1. The maximum atomic E-state index is 5.90. The molecule has 0 spiro atoms. The molecule has 2 heterocycles. The zero-order valence-corrected chi connectivity index (χ0v) is 10.2. The van der Waals surface area contributed by atoms with Crippen LogP contribution in [0.25, 0.3) is 0 Å². The van der Waals surface area contributed by atoms with Crippen LogP contribution in [-0.4, -0.2) is 11.7 Å². The predicted molar refractivity (Wildman–Crippen MR) is 61.5 cm³/mol. The van der Waals surface area contributed by atoms with E-state index in [0.29, 0.717) is 0 Å². The molecule has 0 aromatic heterocycles. The summed E-state index contributed by atoms with van der Waals surface area (Å²) in [5, 5.41) is 0. The Kier molecular flexibility index (Phi) is 1.69. The van der Waals surface area contributed by atoms with Crippen molar-refractivity contribution in [2.75, 3.05) is 0 Å². The van der Waals surface area contributed by atoms with Crippen molar-refractivity contribution in [2.45, 2.75) is 31.7 Å². The molecule has 1 saturated heterocycles. The Hall–Kier alpha value is -0.290. The smallest absolute Gasteiger partial charge is 0.132 e. The van der Waals surface area contributed by atoms with E-state index >= 15 is 0 Å². The minimum Gasteiger partial charge on any atom is -0.485 e. The third kappa shape index (κ3) is 1.18. The SMILES string of the molecule is CC1(C)Oc2ccc(I)cc2[C@@H]2O[C@@H]21. The molecule has 3 rings (SSSR count). The van der Waals surface area contributed by atoms with E-state index in [1.807, 2.05) is 6.07 Å². The molecule has 2 nitrogen and oxygen atoms in total. The number of epoxide rings is 1. The molecule has 2 aliphatic rings. The van der Waals surface area contributed by atoms with Gasteiger partial charge in [0.1, 0.15) is 23.6 Å². The molecule has 14 heavy (non-hydrogen) atoms. The van der Waals surface area contributed by atoms with Crippen LogP contribution in [0.15, 0.2) is 18.2 Å². The summed E-state index contributed by atoms with van der Waals surface area (Å²) in [6.45, 7) is 4.16. The van der Waals surface area contributed by atoms with E-state index in [4.69, 9.17) is 9.47 Å². The molecule has 1 aromatic carbocycles. The Morgan fingerprint density at radius 1 is 1.36 bits per heavy atom. The number of hydrogen-bond acceptors (Lipinski definition) is 2. The molecule has 1 aromatic rings. The first kappa shape index (κ1) is 8.97. The summed E-state index contributed by atoms with van der Waals surface area (Å²) in [5.74, 6) is 0.981. The van der Waals surface area contributed by atoms with Crippen molar-refractivity contribution >= 4 is 22.6 Å². The molecule has 0 aliphatic carbocycles. The highest BCUT2D eigenvalue weighted by Crippen LogP contribution is 2.53. The molecule has 0 bridgehead atoms. The van der Waals surface area contributed by atoms with Crippen molar-refractivity contribution in [1.82, 2.24) is 0 Å². The normalized spacial score (nSPS) is 31.4. The lowest BCUT2D eigenvalue weighted by atomic mass is 9.94. The van der Waals surface area contributed by atoms with E-state index in [1.54, 1.807) is 0 Å². The van der Waals surface area contributed by atoms with Crippen LogP contribution in [0.5, 0.6) is 5.75 Å². The molecule has 2 atom stereocenters. The van der Waals surface area contributed by atoms with Gasteiger partial charge in [0.15, 0.2) is 0 Å². The third-order valence-corrected chi connectivity index (χ3v) is 3.50. The fraction of sp³-hybridized carbons (Fsp3) is 0.455. The van der Waals surface area contributed by atoms with Gasteiger partial charge in [-0.3, -0.25) is 0 Å². The number of rotatable bonds is 0. The van der Waals surface area contributed by atoms with Gasteiger partial charge in [0.2, 0.25) is 0 Å². The van der Waals surface area contributed by atoms with E-state index in [-0.39, 0.29) is 17.8 Å². The lowest BCUT2D eigenvalue weighted by molar-refractivity contribution is 0.0725. The number of halogens is 1. The first-order chi connectivity index (χ1) is 6.58. The zero-order chi connectivity index (χ0) is 9.92. The van der Waals surface area contributed by atoms with Gasteiger partial charge in [-0.15, -0.1) is 0 Å². The van der Waals surface area contributed by atoms with Gasteiger partial charge in [0.05, 0.1) is 0 Å². The minimum absolute atomic E-state index is 0.176. The molecular formula is C11H11IO2. The van der Waals surface area contributed by atoms with Crippen LogP contribution in [0.3, 0.4) is 0 Å². The Labute approximate surface area is 96.7 Å². The van der Waals surface area contributed by atoms with Gasteiger partial charge in [-0.05, 0) is 54.6 Å². The Morgan fingerprint density at radius 2 is 2.14 bits per heavy atom. The highest BCUT2D eigenvalue weighted by Gasteiger charge is 2.56. The van der Waals surface area contributed by atoms with Crippen LogP contribution in [0.1, 0.15) is 25.5 Å². The van der Waals surface area contributed by atoms with Gasteiger partial charge in [-0.25, -0.2) is 0 Å². The largest absolute Gasteiger partial charge is 0.485 e. The first-order valence-corrected chi connectivity index (χ1v) is 5.80. The highest BCUT2D eigenvalue weighted by molar-refractivity contribution is 14.1. The molecule has 74 valence electrons. The van der Waals surface area contributed by atoms with Crippen LogP contribution in [0.4, 0.5) is 0 Å². The van der Waals surface area contributed by atoms with Crippen LogP contribution in [0.2, 0.25) is 0 Å². The summed E-state index contributed by atoms with van der Waals surface area (Å²) in [6.07, 6.45) is 0.511. The second kappa shape index (κ2) is 2.64. The van der Waals surface area contributed by atoms with Gasteiger partial charge in [-0.1, -0.05) is 0 Å². The quantitative estimate of drug-likeness (QED) is 0.543. The van der Waals surface area contributed by atoms with E-state index in [9.17, 15) is 0 Å². The van der Waals surface area contributed by atoms with Crippen LogP contribution < -0.4 is 4.74 Å². The molecule has 1 fully saturated rings. The third-order valence-electron chi connectivity index (χ3n) is 2.83. The molecule has 2 aliphatic heterocycles. The summed E-state index contributed by atoms with van der Waals surface area (Å²) in [7, 11) is 0. The van der Waals surface area contributed by atoms with E-state index in [1.165, 1.54) is 9.13 Å². The monoisotopic (exact) mass is 302 g/mol. The van der Waals surface area contributed by atoms with Crippen molar-refractivity contribution in [2.24, 2.45) is 0 Å². The highest BCUT2D eigenvalue weighted by atomic mass is 127. The molecule has 0 saturated carbocycles. The Morgan fingerprint density at radius 3 is 2.93 bits per heavy atom. The number of fused-ring (bicyclic) bond motifs is 3. The molecule has 0 amide bonds. The maximum Gasteiger partial charge on any atom is 0.132 e. The minimum atomic E-state index is -0.176.